The summed E-state index contributed by atoms with van der Waals surface area (Å²) in [6.45, 7) is 0.263. The lowest BCUT2D eigenvalue weighted by atomic mass is 9.83. The van der Waals surface area contributed by atoms with E-state index in [1.165, 1.54) is 43.4 Å². The lowest BCUT2D eigenvalue weighted by Crippen LogP contribution is -2.07. The second-order valence-electron chi connectivity index (χ2n) is 4.88. The molecule has 0 saturated heterocycles. The molecule has 1 aliphatic carbocycles. The van der Waals surface area contributed by atoms with Gasteiger partial charge >= 0.3 is 0 Å². The van der Waals surface area contributed by atoms with E-state index in [1.807, 2.05) is 6.20 Å². The zero-order valence-corrected chi connectivity index (χ0v) is 11.3. The highest BCUT2D eigenvalue weighted by atomic mass is 32.2. The van der Waals surface area contributed by atoms with Crippen molar-refractivity contribution in [2.75, 3.05) is 6.61 Å². The molecule has 1 N–H and O–H groups in total. The van der Waals surface area contributed by atoms with Crippen LogP contribution in [0.2, 0.25) is 0 Å². The average Bonchev–Trinajstić information content (AvgIpc) is 2.84. The molecule has 0 amide bonds. The summed E-state index contributed by atoms with van der Waals surface area (Å²) in [5, 5.41) is 0. The molecule has 1 atom stereocenters. The summed E-state index contributed by atoms with van der Waals surface area (Å²) < 4.78 is 25.0. The Labute approximate surface area is 111 Å². The molecule has 1 aromatic rings. The molecule has 0 aromatic carbocycles. The van der Waals surface area contributed by atoms with E-state index >= 15 is 0 Å². The van der Waals surface area contributed by atoms with Crippen molar-refractivity contribution in [1.82, 2.24) is 4.98 Å². The molecule has 1 unspecified atom stereocenters. The van der Waals surface area contributed by atoms with Gasteiger partial charge in [-0.2, -0.15) is 0 Å². The van der Waals surface area contributed by atoms with Crippen LogP contribution in [0.3, 0.4) is 0 Å². The van der Waals surface area contributed by atoms with E-state index in [9.17, 15) is 8.76 Å². The van der Waals surface area contributed by atoms with Gasteiger partial charge < -0.3 is 13.7 Å². The maximum absolute atomic E-state index is 10.2. The first-order valence-electron chi connectivity index (χ1n) is 6.66. The quantitative estimate of drug-likeness (QED) is 0.638. The van der Waals surface area contributed by atoms with Crippen molar-refractivity contribution in [3.05, 3.63) is 23.5 Å². The Morgan fingerprint density at radius 1 is 1.39 bits per heavy atom. The number of aryl methyl sites for hydroxylation is 1. The second kappa shape index (κ2) is 7.07. The predicted molar refractivity (Wildman–Crippen MR) is 69.8 cm³/mol. The van der Waals surface area contributed by atoms with Gasteiger partial charge in [0.2, 0.25) is 0 Å². The van der Waals surface area contributed by atoms with Crippen LogP contribution < -0.4 is 0 Å². The third kappa shape index (κ3) is 3.93. The Morgan fingerprint density at radius 3 is 2.89 bits per heavy atom. The fourth-order valence-electron chi connectivity index (χ4n) is 2.80. The van der Waals surface area contributed by atoms with Crippen LogP contribution in [0.25, 0.3) is 0 Å². The van der Waals surface area contributed by atoms with Crippen molar-refractivity contribution in [3.8, 4) is 0 Å². The van der Waals surface area contributed by atoms with E-state index in [2.05, 4.69) is 15.2 Å². The van der Waals surface area contributed by atoms with Crippen molar-refractivity contribution in [1.29, 1.82) is 0 Å². The molecule has 1 saturated carbocycles. The summed E-state index contributed by atoms with van der Waals surface area (Å²) in [4.78, 5) is 3.28. The van der Waals surface area contributed by atoms with Crippen molar-refractivity contribution in [2.24, 2.45) is 0 Å². The Balaban J connectivity index is 1.85. The molecule has 0 spiro atoms. The molecule has 2 rings (SSSR count). The molecular weight excluding hydrogens is 250 g/mol. The lowest BCUT2D eigenvalue weighted by Gasteiger charge is -2.22. The third-order valence-corrected chi connectivity index (χ3v) is 4.02. The van der Waals surface area contributed by atoms with Gasteiger partial charge in [0.1, 0.15) is 0 Å². The van der Waals surface area contributed by atoms with Gasteiger partial charge in [0.15, 0.2) is 0 Å². The Hall–Kier alpha value is -0.650. The summed E-state index contributed by atoms with van der Waals surface area (Å²) in [7, 11) is 0. The van der Waals surface area contributed by atoms with Crippen molar-refractivity contribution in [3.63, 3.8) is 0 Å². The van der Waals surface area contributed by atoms with Crippen LogP contribution in [-0.2, 0) is 22.0 Å². The normalized spacial score (nSPS) is 18.9. The highest BCUT2D eigenvalue weighted by Gasteiger charge is 2.18. The van der Waals surface area contributed by atoms with Gasteiger partial charge in [-0.3, -0.25) is 0 Å². The molecule has 1 heterocycles. The molecular formula is C13H20NO3S-. The van der Waals surface area contributed by atoms with E-state index < -0.39 is 11.4 Å². The number of hydrogen-bond acceptors (Lipinski definition) is 3. The van der Waals surface area contributed by atoms with Gasteiger partial charge in [0.25, 0.3) is 0 Å². The maximum atomic E-state index is 10.2. The Morgan fingerprint density at radius 2 is 2.17 bits per heavy atom. The number of hydrogen-bond donors (Lipinski definition) is 1. The van der Waals surface area contributed by atoms with Gasteiger partial charge in [-0.25, -0.2) is 4.21 Å². The summed E-state index contributed by atoms with van der Waals surface area (Å²) >= 11 is -2.38. The van der Waals surface area contributed by atoms with E-state index in [0.717, 1.165) is 12.8 Å². The second-order valence-corrected chi connectivity index (χ2v) is 5.52. The number of nitrogens with one attached hydrogen (secondary N) is 1. The Kier molecular flexibility index (Phi) is 5.41. The highest BCUT2D eigenvalue weighted by Crippen LogP contribution is 2.34. The number of aromatic nitrogens is 1. The van der Waals surface area contributed by atoms with E-state index in [0.29, 0.717) is 5.92 Å². The van der Waals surface area contributed by atoms with Crippen molar-refractivity contribution in [2.45, 2.75) is 50.9 Å². The van der Waals surface area contributed by atoms with Crippen LogP contribution in [-0.4, -0.2) is 20.4 Å². The Bertz CT molecular complexity index is 385. The van der Waals surface area contributed by atoms with Gasteiger partial charge in [-0.05, 0) is 43.2 Å². The lowest BCUT2D eigenvalue weighted by molar-refractivity contribution is 0.295. The summed E-state index contributed by atoms with van der Waals surface area (Å²) in [6.07, 6.45) is 10.2. The number of aromatic amines is 1. The fraction of sp³-hybridized carbons (Fsp3) is 0.692. The molecule has 1 fully saturated rings. The average molecular weight is 270 g/mol. The molecule has 0 radical (unpaired) electrons. The van der Waals surface area contributed by atoms with Crippen LogP contribution in [0.1, 0.15) is 55.7 Å². The van der Waals surface area contributed by atoms with E-state index in [4.69, 9.17) is 0 Å². The minimum atomic E-state index is -2.38. The van der Waals surface area contributed by atoms with Crippen LogP contribution in [0.5, 0.6) is 0 Å². The van der Waals surface area contributed by atoms with Gasteiger partial charge in [0, 0.05) is 11.9 Å². The number of rotatable bonds is 6. The van der Waals surface area contributed by atoms with E-state index in [-0.39, 0.29) is 6.61 Å². The zero-order chi connectivity index (χ0) is 12.8. The summed E-state index contributed by atoms with van der Waals surface area (Å²) in [5.41, 5.74) is 2.68. The molecule has 5 heteroatoms. The van der Waals surface area contributed by atoms with Crippen molar-refractivity contribution < 1.29 is 12.9 Å². The monoisotopic (exact) mass is 270 g/mol. The fourth-order valence-corrected chi connectivity index (χ4v) is 3.06. The van der Waals surface area contributed by atoms with Gasteiger partial charge in [0.05, 0.1) is 18.0 Å². The standard InChI is InChI=1S/C13H21NO3S/c15-18(16)17-10-4-7-13-12(8-9-14-13)11-5-2-1-3-6-11/h8-9,11,14H,1-7,10H2,(H,15,16)/p-1. The topological polar surface area (TPSA) is 65.2 Å². The predicted octanol–water partition coefficient (Wildman–Crippen LogP) is 2.81. The summed E-state index contributed by atoms with van der Waals surface area (Å²) in [5.74, 6) is 0.689. The molecule has 1 aromatic heterocycles. The zero-order valence-electron chi connectivity index (χ0n) is 10.5. The first kappa shape index (κ1) is 13.8. The van der Waals surface area contributed by atoms with E-state index in [1.54, 1.807) is 0 Å². The van der Waals surface area contributed by atoms with Crippen LogP contribution in [0, 0.1) is 0 Å². The minimum absolute atomic E-state index is 0.263. The van der Waals surface area contributed by atoms with Gasteiger partial charge in [-0.1, -0.05) is 19.3 Å². The summed E-state index contributed by atoms with van der Waals surface area (Å²) in [6, 6.07) is 2.18. The number of H-pyrrole nitrogens is 1. The van der Waals surface area contributed by atoms with Crippen LogP contribution in [0.15, 0.2) is 12.3 Å². The molecule has 0 aliphatic heterocycles. The van der Waals surface area contributed by atoms with Crippen LogP contribution >= 0.6 is 0 Å². The molecule has 102 valence electrons. The molecule has 0 bridgehead atoms. The first-order valence-corrected chi connectivity index (χ1v) is 7.66. The highest BCUT2D eigenvalue weighted by molar-refractivity contribution is 7.74. The molecule has 4 nitrogen and oxygen atoms in total. The first-order chi connectivity index (χ1) is 8.77. The van der Waals surface area contributed by atoms with Crippen LogP contribution in [0.4, 0.5) is 0 Å². The third-order valence-electron chi connectivity index (χ3n) is 3.66. The minimum Gasteiger partial charge on any atom is -0.750 e. The SMILES string of the molecule is O=S([O-])OCCCc1[nH]ccc1C1CCCCC1. The maximum Gasteiger partial charge on any atom is 0.0842 e. The van der Waals surface area contributed by atoms with Crippen molar-refractivity contribution >= 4 is 11.4 Å². The smallest absolute Gasteiger partial charge is 0.0842 e. The molecule has 18 heavy (non-hydrogen) atoms. The molecule has 1 aliphatic rings. The largest absolute Gasteiger partial charge is 0.750 e. The van der Waals surface area contributed by atoms with Gasteiger partial charge in [-0.15, -0.1) is 0 Å².